The van der Waals surface area contributed by atoms with Gasteiger partial charge in [-0.25, -0.2) is 12.8 Å². The standard InChI is InChI=1S/C22H19FN2O4S2/c1-13-6-8-14(9-7-13)21-17(23)11-20(30-21)31(28,29)25-19(22(26)27)10-15-12-24-18-5-3-2-4-16(15)18/h2-9,11-12,19,24-25H,10H2,1H3,(H,26,27)/t19-/m1/s1. The lowest BCUT2D eigenvalue weighted by atomic mass is 10.1. The first kappa shape index (κ1) is 21.2. The lowest BCUT2D eigenvalue weighted by Crippen LogP contribution is -2.42. The van der Waals surface area contributed by atoms with Crippen LogP contribution in [0.15, 0.2) is 65.0 Å². The quantitative estimate of drug-likeness (QED) is 0.384. The molecule has 0 aliphatic carbocycles. The number of aliphatic carboxylic acids is 1. The molecular formula is C22H19FN2O4S2. The SMILES string of the molecule is Cc1ccc(-c2sc(S(=O)(=O)N[C@H](Cc3c[nH]c4ccccc34)C(=O)O)cc2F)cc1. The Labute approximate surface area is 182 Å². The topological polar surface area (TPSA) is 99.3 Å². The summed E-state index contributed by atoms with van der Waals surface area (Å²) >= 11 is 0.765. The van der Waals surface area contributed by atoms with Crippen LogP contribution in [0.25, 0.3) is 21.3 Å². The van der Waals surface area contributed by atoms with Crippen molar-refractivity contribution in [1.29, 1.82) is 0 Å². The molecule has 9 heteroatoms. The minimum Gasteiger partial charge on any atom is -0.480 e. The molecule has 0 aliphatic heterocycles. The molecule has 160 valence electrons. The number of carboxylic acids is 1. The molecule has 0 radical (unpaired) electrons. The summed E-state index contributed by atoms with van der Waals surface area (Å²) in [5, 5.41) is 10.4. The number of aryl methyl sites for hydroxylation is 1. The van der Waals surface area contributed by atoms with Gasteiger partial charge in [-0.3, -0.25) is 4.79 Å². The van der Waals surface area contributed by atoms with Crippen LogP contribution in [0.1, 0.15) is 11.1 Å². The second-order valence-electron chi connectivity index (χ2n) is 7.18. The Bertz CT molecular complexity index is 1360. The average Bonchev–Trinajstić information content (AvgIpc) is 3.32. The molecule has 1 atom stereocenters. The molecule has 0 aliphatic rings. The Morgan fingerprint density at radius 1 is 1.19 bits per heavy atom. The molecule has 0 unspecified atom stereocenters. The van der Waals surface area contributed by atoms with Crippen molar-refractivity contribution >= 4 is 38.2 Å². The summed E-state index contributed by atoms with van der Waals surface area (Å²) in [6.45, 7) is 1.90. The molecule has 0 amide bonds. The summed E-state index contributed by atoms with van der Waals surface area (Å²) in [6, 6.07) is 13.9. The minimum atomic E-state index is -4.24. The van der Waals surface area contributed by atoms with Gasteiger partial charge in [0.1, 0.15) is 16.1 Å². The molecule has 3 N–H and O–H groups in total. The molecule has 4 aromatic rings. The number of hydrogen-bond acceptors (Lipinski definition) is 4. The molecule has 0 bridgehead atoms. The number of aromatic nitrogens is 1. The second kappa shape index (κ2) is 8.26. The van der Waals surface area contributed by atoms with Gasteiger partial charge in [-0.2, -0.15) is 4.72 Å². The van der Waals surface area contributed by atoms with Crippen LogP contribution in [0.5, 0.6) is 0 Å². The summed E-state index contributed by atoms with van der Waals surface area (Å²) in [5.41, 5.74) is 3.05. The third-order valence-corrected chi connectivity index (χ3v) is 8.04. The van der Waals surface area contributed by atoms with Gasteiger partial charge in [-0.05, 0) is 24.1 Å². The van der Waals surface area contributed by atoms with Gasteiger partial charge in [0.15, 0.2) is 0 Å². The molecule has 0 saturated carbocycles. The van der Waals surface area contributed by atoms with Gasteiger partial charge in [0.25, 0.3) is 10.0 Å². The lowest BCUT2D eigenvalue weighted by molar-refractivity contribution is -0.138. The molecule has 4 rings (SSSR count). The summed E-state index contributed by atoms with van der Waals surface area (Å²) in [4.78, 5) is 15.0. The molecule has 2 heterocycles. The first-order chi connectivity index (χ1) is 14.7. The number of nitrogens with one attached hydrogen (secondary N) is 2. The van der Waals surface area contributed by atoms with Crippen molar-refractivity contribution in [3.63, 3.8) is 0 Å². The van der Waals surface area contributed by atoms with Crippen LogP contribution >= 0.6 is 11.3 Å². The van der Waals surface area contributed by atoms with Crippen LogP contribution in [0.3, 0.4) is 0 Å². The highest BCUT2D eigenvalue weighted by molar-refractivity contribution is 7.91. The first-order valence-corrected chi connectivity index (χ1v) is 11.7. The van der Waals surface area contributed by atoms with Gasteiger partial charge in [0.2, 0.25) is 0 Å². The molecular weight excluding hydrogens is 439 g/mol. The number of benzene rings is 2. The normalized spacial score (nSPS) is 12.8. The number of aromatic amines is 1. The van der Waals surface area contributed by atoms with Crippen LogP contribution in [0.2, 0.25) is 0 Å². The van der Waals surface area contributed by atoms with E-state index in [0.29, 0.717) is 11.1 Å². The highest BCUT2D eigenvalue weighted by Crippen LogP contribution is 2.34. The Morgan fingerprint density at radius 3 is 2.61 bits per heavy atom. The predicted molar refractivity (Wildman–Crippen MR) is 118 cm³/mol. The van der Waals surface area contributed by atoms with Crippen LogP contribution in [0, 0.1) is 12.7 Å². The molecule has 6 nitrogen and oxygen atoms in total. The number of halogens is 1. The maximum atomic E-state index is 14.5. The third kappa shape index (κ3) is 4.39. The first-order valence-electron chi connectivity index (χ1n) is 9.41. The number of rotatable bonds is 7. The fraction of sp³-hybridized carbons (Fsp3) is 0.136. The number of thiophene rings is 1. The van der Waals surface area contributed by atoms with Crippen molar-refractivity contribution in [3.05, 3.63) is 77.7 Å². The molecule has 0 saturated heterocycles. The van der Waals surface area contributed by atoms with E-state index in [9.17, 15) is 22.7 Å². The van der Waals surface area contributed by atoms with Crippen LogP contribution in [-0.4, -0.2) is 30.5 Å². The van der Waals surface area contributed by atoms with E-state index >= 15 is 0 Å². The van der Waals surface area contributed by atoms with Crippen molar-refractivity contribution in [2.45, 2.75) is 23.6 Å². The van der Waals surface area contributed by atoms with Crippen molar-refractivity contribution < 1.29 is 22.7 Å². The molecule has 0 spiro atoms. The second-order valence-corrected chi connectivity index (χ2v) is 10.2. The Balaban J connectivity index is 1.61. The fourth-order valence-corrected chi connectivity index (χ4v) is 5.87. The number of carbonyl (C=O) groups is 1. The number of carboxylic acid groups (broad SMARTS) is 1. The van der Waals surface area contributed by atoms with Crippen molar-refractivity contribution in [1.82, 2.24) is 9.71 Å². The Hall–Kier alpha value is -3.01. The molecule has 31 heavy (non-hydrogen) atoms. The summed E-state index contributed by atoms with van der Waals surface area (Å²) in [7, 11) is -4.24. The van der Waals surface area contributed by atoms with E-state index in [0.717, 1.165) is 33.9 Å². The average molecular weight is 459 g/mol. The minimum absolute atomic E-state index is 0.0583. The number of sulfonamides is 1. The lowest BCUT2D eigenvalue weighted by Gasteiger charge is -2.13. The summed E-state index contributed by atoms with van der Waals surface area (Å²) in [5.74, 6) is -1.98. The van der Waals surface area contributed by atoms with E-state index in [1.165, 1.54) is 0 Å². The van der Waals surface area contributed by atoms with Crippen LogP contribution in [-0.2, 0) is 21.2 Å². The van der Waals surface area contributed by atoms with Crippen molar-refractivity contribution in [2.75, 3.05) is 0 Å². The van der Waals surface area contributed by atoms with Gasteiger partial charge >= 0.3 is 5.97 Å². The van der Waals surface area contributed by atoms with Crippen molar-refractivity contribution in [3.8, 4) is 10.4 Å². The number of para-hydroxylation sites is 1. The van der Waals surface area contributed by atoms with Gasteiger partial charge in [-0.15, -0.1) is 11.3 Å². The zero-order valence-corrected chi connectivity index (χ0v) is 18.1. The van der Waals surface area contributed by atoms with E-state index in [1.807, 2.05) is 43.3 Å². The van der Waals surface area contributed by atoms with Gasteiger partial charge < -0.3 is 10.1 Å². The van der Waals surface area contributed by atoms with E-state index in [1.54, 1.807) is 18.3 Å². The molecule has 0 fully saturated rings. The van der Waals surface area contributed by atoms with Gasteiger partial charge in [0, 0.05) is 29.6 Å². The monoisotopic (exact) mass is 458 g/mol. The Kier molecular flexibility index (Phi) is 5.65. The van der Waals surface area contributed by atoms with Gasteiger partial charge in [0.05, 0.1) is 4.88 Å². The maximum absolute atomic E-state index is 14.5. The van der Waals surface area contributed by atoms with Crippen molar-refractivity contribution in [2.24, 2.45) is 0 Å². The number of H-pyrrole nitrogens is 1. The zero-order valence-electron chi connectivity index (χ0n) is 16.4. The van der Waals surface area contributed by atoms with E-state index in [2.05, 4.69) is 9.71 Å². The van der Waals surface area contributed by atoms with E-state index < -0.39 is 27.9 Å². The van der Waals surface area contributed by atoms with E-state index in [4.69, 9.17) is 0 Å². The smallest absolute Gasteiger partial charge is 0.322 e. The summed E-state index contributed by atoms with van der Waals surface area (Å²) < 4.78 is 42.1. The van der Waals surface area contributed by atoms with E-state index in [-0.39, 0.29) is 15.5 Å². The predicted octanol–water partition coefficient (Wildman–Crippen LogP) is 4.32. The molecule has 2 aromatic heterocycles. The maximum Gasteiger partial charge on any atom is 0.322 e. The fourth-order valence-electron chi connectivity index (χ4n) is 3.33. The van der Waals surface area contributed by atoms with Crippen LogP contribution in [0.4, 0.5) is 4.39 Å². The zero-order chi connectivity index (χ0) is 22.2. The molecule has 2 aromatic carbocycles. The summed E-state index contributed by atoms with van der Waals surface area (Å²) in [6.07, 6.45) is 1.60. The highest BCUT2D eigenvalue weighted by Gasteiger charge is 2.29. The largest absolute Gasteiger partial charge is 0.480 e. The third-order valence-electron chi connectivity index (χ3n) is 4.94. The number of fused-ring (bicyclic) bond motifs is 1. The van der Waals surface area contributed by atoms with Gasteiger partial charge in [-0.1, -0.05) is 48.0 Å². The number of hydrogen-bond donors (Lipinski definition) is 3. The Morgan fingerprint density at radius 2 is 1.90 bits per heavy atom. The van der Waals surface area contributed by atoms with Crippen LogP contribution < -0.4 is 4.72 Å². The highest BCUT2D eigenvalue weighted by atomic mass is 32.2.